The summed E-state index contributed by atoms with van der Waals surface area (Å²) in [5, 5.41) is 9.04. The average molecular weight is 446 g/mol. The van der Waals surface area contributed by atoms with Gasteiger partial charge < -0.3 is 19.6 Å². The zero-order valence-electron chi connectivity index (χ0n) is 17.4. The molecule has 2 N–H and O–H groups in total. The summed E-state index contributed by atoms with van der Waals surface area (Å²) in [6, 6.07) is 15.2. The van der Waals surface area contributed by atoms with Crippen LogP contribution in [0.3, 0.4) is 0 Å². The molecule has 0 aliphatic carbocycles. The molecule has 0 bridgehead atoms. The van der Waals surface area contributed by atoms with Crippen LogP contribution in [0.5, 0.6) is 11.5 Å². The van der Waals surface area contributed by atoms with Crippen LogP contribution in [0.15, 0.2) is 76.6 Å². The number of nitrogens with zero attached hydrogens (tertiary/aromatic N) is 3. The standard InChI is InChI=1S/C23H18N4O6/c1-32-17-8-4-3-7-15(17)21-24-11-10-19(28)27(21)13-33-18-9-5-2-6-14(18)20-25-12-16(23(30)31)22(29)26-20/h2-12H,13H2,1H3,(H,30,31)(H,25,26,29). The monoisotopic (exact) mass is 446 g/mol. The number of carbonyl (C=O) groups is 1. The summed E-state index contributed by atoms with van der Waals surface area (Å²) in [4.78, 5) is 46.6. The molecule has 2 aromatic heterocycles. The van der Waals surface area contributed by atoms with Crippen LogP contribution in [-0.2, 0) is 6.73 Å². The predicted octanol–water partition coefficient (Wildman–Crippen LogP) is 2.40. The number of aromatic nitrogens is 4. The first-order valence-corrected chi connectivity index (χ1v) is 9.73. The van der Waals surface area contributed by atoms with Gasteiger partial charge in [0.25, 0.3) is 11.1 Å². The number of ether oxygens (including phenoxy) is 2. The number of aromatic amines is 1. The van der Waals surface area contributed by atoms with E-state index in [2.05, 4.69) is 15.0 Å². The maximum absolute atomic E-state index is 12.6. The molecule has 0 atom stereocenters. The first-order chi connectivity index (χ1) is 16.0. The summed E-state index contributed by atoms with van der Waals surface area (Å²) in [5.41, 5.74) is -0.558. The van der Waals surface area contributed by atoms with Gasteiger partial charge in [-0.15, -0.1) is 0 Å². The number of methoxy groups -OCH3 is 1. The molecule has 0 saturated carbocycles. The molecule has 10 nitrogen and oxygen atoms in total. The summed E-state index contributed by atoms with van der Waals surface area (Å²) < 4.78 is 12.7. The maximum atomic E-state index is 12.6. The van der Waals surface area contributed by atoms with Crippen molar-refractivity contribution in [1.29, 1.82) is 0 Å². The van der Waals surface area contributed by atoms with Crippen molar-refractivity contribution in [1.82, 2.24) is 19.5 Å². The fraction of sp³-hybridized carbons (Fsp3) is 0.0870. The molecule has 0 unspecified atom stereocenters. The Labute approximate surface area is 186 Å². The van der Waals surface area contributed by atoms with Gasteiger partial charge >= 0.3 is 5.97 Å². The lowest BCUT2D eigenvalue weighted by atomic mass is 10.2. The minimum atomic E-state index is -1.38. The minimum Gasteiger partial charge on any atom is -0.496 e. The molecule has 0 radical (unpaired) electrons. The Morgan fingerprint density at radius 1 is 1.00 bits per heavy atom. The van der Waals surface area contributed by atoms with Gasteiger partial charge in [-0.25, -0.2) is 14.8 Å². The third kappa shape index (κ3) is 4.35. The van der Waals surface area contributed by atoms with Gasteiger partial charge in [0.1, 0.15) is 28.7 Å². The maximum Gasteiger partial charge on any atom is 0.342 e. The molecule has 10 heteroatoms. The van der Waals surface area contributed by atoms with Crippen LogP contribution in [0.25, 0.3) is 22.8 Å². The van der Waals surface area contributed by atoms with Gasteiger partial charge in [0.15, 0.2) is 6.73 Å². The van der Waals surface area contributed by atoms with E-state index < -0.39 is 17.1 Å². The number of hydrogen-bond donors (Lipinski definition) is 2. The SMILES string of the molecule is COc1ccccc1-c1nccc(=O)n1COc1ccccc1-c1ncc(C(=O)O)c(=O)[nH]1. The molecule has 0 aliphatic rings. The summed E-state index contributed by atoms with van der Waals surface area (Å²) in [5.74, 6) is -0.0194. The lowest BCUT2D eigenvalue weighted by Crippen LogP contribution is -2.24. The Kier molecular flexibility index (Phi) is 5.98. The van der Waals surface area contributed by atoms with Gasteiger partial charge in [-0.05, 0) is 24.3 Å². The van der Waals surface area contributed by atoms with Crippen molar-refractivity contribution < 1.29 is 19.4 Å². The van der Waals surface area contributed by atoms with E-state index in [1.807, 2.05) is 6.07 Å². The number of hydrogen-bond acceptors (Lipinski definition) is 7. The smallest absolute Gasteiger partial charge is 0.342 e. The third-order valence-corrected chi connectivity index (χ3v) is 4.80. The summed E-state index contributed by atoms with van der Waals surface area (Å²) >= 11 is 0. The van der Waals surface area contributed by atoms with Crippen LogP contribution < -0.4 is 20.6 Å². The number of carboxylic acid groups (broad SMARTS) is 1. The molecule has 0 aliphatic heterocycles. The second-order valence-corrected chi connectivity index (χ2v) is 6.78. The topological polar surface area (TPSA) is 136 Å². The van der Waals surface area contributed by atoms with Crippen molar-refractivity contribution in [2.45, 2.75) is 6.73 Å². The number of H-pyrrole nitrogens is 1. The molecule has 4 aromatic rings. The Morgan fingerprint density at radius 3 is 2.39 bits per heavy atom. The molecular weight excluding hydrogens is 428 g/mol. The lowest BCUT2D eigenvalue weighted by molar-refractivity contribution is 0.0694. The Morgan fingerprint density at radius 2 is 1.70 bits per heavy atom. The van der Waals surface area contributed by atoms with E-state index in [1.54, 1.807) is 42.5 Å². The molecule has 2 heterocycles. The number of benzene rings is 2. The van der Waals surface area contributed by atoms with Crippen molar-refractivity contribution in [3.63, 3.8) is 0 Å². The Hall–Kier alpha value is -4.73. The molecule has 4 rings (SSSR count). The van der Waals surface area contributed by atoms with Crippen LogP contribution in [0.2, 0.25) is 0 Å². The minimum absolute atomic E-state index is 0.129. The van der Waals surface area contributed by atoms with Crippen LogP contribution >= 0.6 is 0 Å². The average Bonchev–Trinajstić information content (AvgIpc) is 2.83. The van der Waals surface area contributed by atoms with Crippen LogP contribution in [0, 0.1) is 0 Å². The fourth-order valence-electron chi connectivity index (χ4n) is 3.21. The van der Waals surface area contributed by atoms with Gasteiger partial charge in [0, 0.05) is 18.5 Å². The van der Waals surface area contributed by atoms with E-state index in [-0.39, 0.29) is 18.1 Å². The second-order valence-electron chi connectivity index (χ2n) is 6.78. The summed E-state index contributed by atoms with van der Waals surface area (Å²) in [6.07, 6.45) is 2.39. The van der Waals surface area contributed by atoms with E-state index in [4.69, 9.17) is 14.6 Å². The highest BCUT2D eigenvalue weighted by Crippen LogP contribution is 2.29. The molecular formula is C23H18N4O6. The van der Waals surface area contributed by atoms with E-state index in [0.717, 1.165) is 6.20 Å². The van der Waals surface area contributed by atoms with Crippen LogP contribution in [-0.4, -0.2) is 37.7 Å². The first kappa shape index (κ1) is 21.5. The van der Waals surface area contributed by atoms with Gasteiger partial charge in [0.05, 0.1) is 18.2 Å². The first-order valence-electron chi connectivity index (χ1n) is 9.73. The van der Waals surface area contributed by atoms with Gasteiger partial charge in [-0.3, -0.25) is 14.2 Å². The summed E-state index contributed by atoms with van der Waals surface area (Å²) in [7, 11) is 1.53. The second kappa shape index (κ2) is 9.18. The number of aromatic carboxylic acids is 1. The Bertz CT molecular complexity index is 1440. The third-order valence-electron chi connectivity index (χ3n) is 4.80. The van der Waals surface area contributed by atoms with E-state index >= 15 is 0 Å². The highest BCUT2D eigenvalue weighted by Gasteiger charge is 2.16. The zero-order valence-corrected chi connectivity index (χ0v) is 17.4. The number of rotatable bonds is 7. The molecule has 33 heavy (non-hydrogen) atoms. The molecule has 0 amide bonds. The number of carboxylic acids is 1. The predicted molar refractivity (Wildman–Crippen MR) is 118 cm³/mol. The van der Waals surface area contributed by atoms with Crippen molar-refractivity contribution in [2.75, 3.05) is 7.11 Å². The van der Waals surface area contributed by atoms with Gasteiger partial charge in [-0.2, -0.15) is 0 Å². The van der Waals surface area contributed by atoms with Crippen molar-refractivity contribution >= 4 is 5.97 Å². The van der Waals surface area contributed by atoms with Crippen LogP contribution in [0.1, 0.15) is 10.4 Å². The molecule has 0 saturated heterocycles. The highest BCUT2D eigenvalue weighted by atomic mass is 16.5. The molecule has 0 fully saturated rings. The van der Waals surface area contributed by atoms with E-state index in [1.165, 1.54) is 23.9 Å². The van der Waals surface area contributed by atoms with E-state index in [0.29, 0.717) is 28.5 Å². The van der Waals surface area contributed by atoms with Crippen molar-refractivity contribution in [2.24, 2.45) is 0 Å². The number of nitrogens with one attached hydrogen (secondary N) is 1. The lowest BCUT2D eigenvalue weighted by Gasteiger charge is -2.16. The fourth-order valence-corrected chi connectivity index (χ4v) is 3.21. The van der Waals surface area contributed by atoms with E-state index in [9.17, 15) is 14.4 Å². The Balaban J connectivity index is 1.70. The van der Waals surface area contributed by atoms with Crippen molar-refractivity contribution in [3.8, 4) is 34.3 Å². The summed E-state index contributed by atoms with van der Waals surface area (Å²) in [6.45, 7) is -0.186. The highest BCUT2D eigenvalue weighted by molar-refractivity contribution is 5.86. The van der Waals surface area contributed by atoms with Crippen LogP contribution in [0.4, 0.5) is 0 Å². The zero-order chi connectivity index (χ0) is 23.4. The molecule has 2 aromatic carbocycles. The van der Waals surface area contributed by atoms with Gasteiger partial charge in [-0.1, -0.05) is 24.3 Å². The van der Waals surface area contributed by atoms with Gasteiger partial charge in [0.2, 0.25) is 0 Å². The largest absolute Gasteiger partial charge is 0.496 e. The quantitative estimate of drug-likeness (QED) is 0.442. The number of para-hydroxylation sites is 2. The van der Waals surface area contributed by atoms with Crippen molar-refractivity contribution in [3.05, 3.63) is 93.3 Å². The molecule has 0 spiro atoms. The molecule has 166 valence electrons. The normalized spacial score (nSPS) is 10.6.